The number of fused-ring (bicyclic) bond motifs is 1. The van der Waals surface area contributed by atoms with Crippen LogP contribution in [0.5, 0.6) is 0 Å². The van der Waals surface area contributed by atoms with Crippen LogP contribution in [0.4, 0.5) is 10.1 Å². The molecule has 1 aliphatic rings. The minimum Gasteiger partial charge on any atom is -0.368 e. The highest BCUT2D eigenvalue weighted by Crippen LogP contribution is 2.41. The summed E-state index contributed by atoms with van der Waals surface area (Å²) in [5, 5.41) is 0. The SMILES string of the molecule is Cc1cccc2[nH]c(-c3cncc(-c4ccc(F)c(C(N)=O)c4)c3N3CCC(C)(N)C3)nc12. The maximum absolute atomic E-state index is 14.2. The van der Waals surface area contributed by atoms with Crippen LogP contribution < -0.4 is 16.4 Å². The summed E-state index contributed by atoms with van der Waals surface area (Å²) < 4.78 is 14.2. The molecule has 1 aliphatic heterocycles. The highest BCUT2D eigenvalue weighted by molar-refractivity contribution is 5.96. The molecule has 3 heterocycles. The van der Waals surface area contributed by atoms with Gasteiger partial charge < -0.3 is 21.4 Å². The number of hydrogen-bond acceptors (Lipinski definition) is 5. The topological polar surface area (TPSA) is 114 Å². The third kappa shape index (κ3) is 3.72. The second-order valence-corrected chi connectivity index (χ2v) is 9.02. The van der Waals surface area contributed by atoms with Crippen molar-refractivity contribution in [3.05, 3.63) is 65.7 Å². The quantitative estimate of drug-likeness (QED) is 0.443. The molecule has 0 radical (unpaired) electrons. The van der Waals surface area contributed by atoms with E-state index in [1.165, 1.54) is 12.1 Å². The molecule has 33 heavy (non-hydrogen) atoms. The van der Waals surface area contributed by atoms with Gasteiger partial charge in [-0.25, -0.2) is 9.37 Å². The van der Waals surface area contributed by atoms with Crippen molar-refractivity contribution >= 4 is 22.6 Å². The zero-order chi connectivity index (χ0) is 23.3. The van der Waals surface area contributed by atoms with Gasteiger partial charge in [-0.3, -0.25) is 9.78 Å². The number of aromatic nitrogens is 3. The van der Waals surface area contributed by atoms with Gasteiger partial charge in [0.1, 0.15) is 11.6 Å². The van der Waals surface area contributed by atoms with Crippen LogP contribution in [0, 0.1) is 12.7 Å². The van der Waals surface area contributed by atoms with E-state index >= 15 is 0 Å². The summed E-state index contributed by atoms with van der Waals surface area (Å²) in [6, 6.07) is 10.4. The number of pyridine rings is 1. The standard InChI is InChI=1S/C25H25FN6O/c1-14-4-3-5-20-21(14)31-24(30-20)18-12-29-11-17(22(18)32-9-8-25(2,28)13-32)15-6-7-19(26)16(10-15)23(27)33/h3-7,10-12H,8-9,13,28H2,1-2H3,(H2,27,33)(H,30,31). The third-order valence-electron chi connectivity index (χ3n) is 6.25. The molecule has 0 spiro atoms. The Morgan fingerprint density at radius 2 is 2.00 bits per heavy atom. The fourth-order valence-electron chi connectivity index (χ4n) is 4.54. The predicted octanol–water partition coefficient (Wildman–Crippen LogP) is 3.77. The summed E-state index contributed by atoms with van der Waals surface area (Å²) in [6.07, 6.45) is 4.32. The first kappa shape index (κ1) is 21.1. The molecule has 2 aromatic heterocycles. The molecule has 5 rings (SSSR count). The van der Waals surface area contributed by atoms with Gasteiger partial charge in [0.25, 0.3) is 5.91 Å². The molecule has 0 aliphatic carbocycles. The van der Waals surface area contributed by atoms with Gasteiger partial charge in [-0.2, -0.15) is 0 Å². The maximum Gasteiger partial charge on any atom is 0.251 e. The monoisotopic (exact) mass is 444 g/mol. The lowest BCUT2D eigenvalue weighted by Gasteiger charge is -2.26. The van der Waals surface area contributed by atoms with E-state index in [4.69, 9.17) is 16.5 Å². The normalized spacial score (nSPS) is 18.2. The van der Waals surface area contributed by atoms with Crippen molar-refractivity contribution in [1.82, 2.24) is 15.0 Å². The number of primary amides is 1. The Morgan fingerprint density at radius 3 is 2.70 bits per heavy atom. The van der Waals surface area contributed by atoms with E-state index in [9.17, 15) is 9.18 Å². The molecule has 1 saturated heterocycles. The van der Waals surface area contributed by atoms with Crippen molar-refractivity contribution in [2.45, 2.75) is 25.8 Å². The number of halogens is 1. The lowest BCUT2D eigenvalue weighted by molar-refractivity contribution is 0.0996. The molecule has 1 amide bonds. The van der Waals surface area contributed by atoms with E-state index in [1.54, 1.807) is 18.5 Å². The molecule has 7 nitrogen and oxygen atoms in total. The molecule has 8 heteroatoms. The number of aryl methyl sites for hydroxylation is 1. The molecule has 1 fully saturated rings. The zero-order valence-corrected chi connectivity index (χ0v) is 18.5. The van der Waals surface area contributed by atoms with Crippen LogP contribution in [0.15, 0.2) is 48.8 Å². The lowest BCUT2D eigenvalue weighted by Crippen LogP contribution is -2.39. The second-order valence-electron chi connectivity index (χ2n) is 9.02. The van der Waals surface area contributed by atoms with Gasteiger partial charge in [0.2, 0.25) is 0 Å². The Bertz CT molecular complexity index is 1390. The van der Waals surface area contributed by atoms with E-state index < -0.39 is 11.7 Å². The first-order chi connectivity index (χ1) is 15.7. The average molecular weight is 445 g/mol. The van der Waals surface area contributed by atoms with Crippen molar-refractivity contribution in [2.24, 2.45) is 11.5 Å². The number of nitrogens with one attached hydrogen (secondary N) is 1. The highest BCUT2D eigenvalue weighted by Gasteiger charge is 2.33. The van der Waals surface area contributed by atoms with Crippen LogP contribution >= 0.6 is 0 Å². The van der Waals surface area contributed by atoms with Crippen LogP contribution in [-0.4, -0.2) is 39.5 Å². The van der Waals surface area contributed by atoms with Gasteiger partial charge in [0, 0.05) is 36.6 Å². The van der Waals surface area contributed by atoms with Gasteiger partial charge in [0.15, 0.2) is 0 Å². The van der Waals surface area contributed by atoms with Crippen LogP contribution in [0.3, 0.4) is 0 Å². The number of H-pyrrole nitrogens is 1. The van der Waals surface area contributed by atoms with Gasteiger partial charge in [-0.05, 0) is 49.6 Å². The summed E-state index contributed by atoms with van der Waals surface area (Å²) in [4.78, 5) is 26.7. The molecule has 0 bridgehead atoms. The molecule has 4 aromatic rings. The number of benzene rings is 2. The molecular formula is C25H25FN6O. The second kappa shape index (κ2) is 7.67. The Kier molecular flexibility index (Phi) is 4.90. The minimum atomic E-state index is -0.816. The molecular weight excluding hydrogens is 419 g/mol. The number of amides is 1. The summed E-state index contributed by atoms with van der Waals surface area (Å²) in [5.41, 5.74) is 17.4. The first-order valence-electron chi connectivity index (χ1n) is 10.8. The van der Waals surface area contributed by atoms with Gasteiger partial charge >= 0.3 is 0 Å². The summed E-state index contributed by atoms with van der Waals surface area (Å²) in [6.45, 7) is 5.44. The first-order valence-corrected chi connectivity index (χ1v) is 10.8. The number of para-hydroxylation sites is 1. The van der Waals surface area contributed by atoms with Gasteiger partial charge in [-0.15, -0.1) is 0 Å². The van der Waals surface area contributed by atoms with Crippen molar-refractivity contribution in [1.29, 1.82) is 0 Å². The Balaban J connectivity index is 1.74. The van der Waals surface area contributed by atoms with E-state index in [0.717, 1.165) is 46.4 Å². The number of aromatic amines is 1. The van der Waals surface area contributed by atoms with E-state index in [-0.39, 0.29) is 11.1 Å². The Labute approximate surface area is 190 Å². The summed E-state index contributed by atoms with van der Waals surface area (Å²) >= 11 is 0. The fraction of sp³-hybridized carbons (Fsp3) is 0.240. The van der Waals surface area contributed by atoms with Crippen LogP contribution in [-0.2, 0) is 0 Å². The van der Waals surface area contributed by atoms with Crippen LogP contribution in [0.25, 0.3) is 33.5 Å². The highest BCUT2D eigenvalue weighted by atomic mass is 19.1. The number of hydrogen-bond donors (Lipinski definition) is 3. The average Bonchev–Trinajstić information content (AvgIpc) is 3.37. The minimum absolute atomic E-state index is 0.159. The fourth-order valence-corrected chi connectivity index (χ4v) is 4.54. The van der Waals surface area contributed by atoms with Crippen LogP contribution in [0.1, 0.15) is 29.3 Å². The van der Waals surface area contributed by atoms with E-state index in [2.05, 4.69) is 14.9 Å². The van der Waals surface area contributed by atoms with E-state index in [1.807, 2.05) is 32.0 Å². The van der Waals surface area contributed by atoms with Crippen molar-refractivity contribution in [2.75, 3.05) is 18.0 Å². The Morgan fingerprint density at radius 1 is 1.21 bits per heavy atom. The molecule has 2 aromatic carbocycles. The summed E-state index contributed by atoms with van der Waals surface area (Å²) in [7, 11) is 0. The molecule has 1 unspecified atom stereocenters. The van der Waals surface area contributed by atoms with Gasteiger partial charge in [-0.1, -0.05) is 18.2 Å². The number of rotatable bonds is 4. The number of anilines is 1. The molecule has 168 valence electrons. The maximum atomic E-state index is 14.2. The number of nitrogens with zero attached hydrogens (tertiary/aromatic N) is 3. The van der Waals surface area contributed by atoms with Gasteiger partial charge in [0.05, 0.1) is 27.8 Å². The number of nitrogens with two attached hydrogens (primary N) is 2. The van der Waals surface area contributed by atoms with E-state index in [0.29, 0.717) is 17.9 Å². The van der Waals surface area contributed by atoms with Crippen LogP contribution in [0.2, 0.25) is 0 Å². The van der Waals surface area contributed by atoms with Crippen molar-refractivity contribution < 1.29 is 9.18 Å². The predicted molar refractivity (Wildman–Crippen MR) is 127 cm³/mol. The number of carbonyl (C=O) groups is 1. The molecule has 1 atom stereocenters. The lowest BCUT2D eigenvalue weighted by atomic mass is 9.99. The van der Waals surface area contributed by atoms with Crippen molar-refractivity contribution in [3.63, 3.8) is 0 Å². The largest absolute Gasteiger partial charge is 0.368 e. The summed E-state index contributed by atoms with van der Waals surface area (Å²) in [5.74, 6) is -0.782. The Hall–Kier alpha value is -3.78. The number of imidazole rings is 1. The zero-order valence-electron chi connectivity index (χ0n) is 18.5. The smallest absolute Gasteiger partial charge is 0.251 e. The number of carbonyl (C=O) groups excluding carboxylic acids is 1. The molecule has 0 saturated carbocycles. The third-order valence-corrected chi connectivity index (χ3v) is 6.25. The van der Waals surface area contributed by atoms with Crippen molar-refractivity contribution in [3.8, 4) is 22.5 Å². The molecule has 5 N–H and O–H groups in total.